The Bertz CT molecular complexity index is 307. The van der Waals surface area contributed by atoms with Crippen LogP contribution in [0.25, 0.3) is 0 Å². The SMILES string of the molecule is [CH2-][NH2+]CCc1cc(C)c(OC)cc1C. The van der Waals surface area contributed by atoms with Crippen LogP contribution in [0.1, 0.15) is 16.7 Å². The van der Waals surface area contributed by atoms with Gasteiger partial charge in [0.25, 0.3) is 0 Å². The van der Waals surface area contributed by atoms with Crippen molar-refractivity contribution in [2.45, 2.75) is 20.3 Å². The minimum Gasteiger partial charge on any atom is -0.496 e. The van der Waals surface area contributed by atoms with Crippen molar-refractivity contribution in [2.75, 3.05) is 13.7 Å². The lowest BCUT2D eigenvalue weighted by atomic mass is 10.0. The molecule has 2 heteroatoms. The van der Waals surface area contributed by atoms with Gasteiger partial charge in [-0.3, -0.25) is 0 Å². The summed E-state index contributed by atoms with van der Waals surface area (Å²) >= 11 is 0. The highest BCUT2D eigenvalue weighted by Crippen LogP contribution is 2.22. The standard InChI is InChI=1S/C12H19NO/c1-9-8-12(14-4)10(2)7-11(9)5-6-13-3/h7-8H,3,5-6,13H2,1-2,4H3. The Labute approximate surface area is 86.3 Å². The lowest BCUT2D eigenvalue weighted by molar-refractivity contribution is -0.594. The van der Waals surface area contributed by atoms with E-state index in [1.807, 2.05) is 5.32 Å². The molecule has 14 heavy (non-hydrogen) atoms. The van der Waals surface area contributed by atoms with Crippen LogP contribution in [-0.4, -0.2) is 13.7 Å². The molecule has 78 valence electrons. The van der Waals surface area contributed by atoms with E-state index in [1.54, 1.807) is 7.11 Å². The van der Waals surface area contributed by atoms with E-state index < -0.39 is 0 Å². The second kappa shape index (κ2) is 5.01. The second-order valence-corrected chi connectivity index (χ2v) is 3.58. The van der Waals surface area contributed by atoms with Gasteiger partial charge in [-0.15, -0.1) is 0 Å². The Morgan fingerprint density at radius 3 is 2.57 bits per heavy atom. The largest absolute Gasteiger partial charge is 0.496 e. The van der Waals surface area contributed by atoms with Gasteiger partial charge in [0.15, 0.2) is 0 Å². The molecule has 0 atom stereocenters. The van der Waals surface area contributed by atoms with Gasteiger partial charge < -0.3 is 10.1 Å². The highest BCUT2D eigenvalue weighted by Gasteiger charge is 2.04. The lowest BCUT2D eigenvalue weighted by Crippen LogP contribution is -2.77. The number of quaternary nitrogens is 1. The lowest BCUT2D eigenvalue weighted by Gasteiger charge is -2.11. The second-order valence-electron chi connectivity index (χ2n) is 3.58. The molecule has 0 saturated heterocycles. The minimum atomic E-state index is 0.977. The highest BCUT2D eigenvalue weighted by molar-refractivity contribution is 5.41. The summed E-state index contributed by atoms with van der Waals surface area (Å²) in [6, 6.07) is 4.31. The van der Waals surface area contributed by atoms with Crippen molar-refractivity contribution in [3.63, 3.8) is 0 Å². The van der Waals surface area contributed by atoms with Crippen LogP contribution in [0, 0.1) is 20.9 Å². The summed E-state index contributed by atoms with van der Waals surface area (Å²) in [5.41, 5.74) is 3.90. The van der Waals surface area contributed by atoms with E-state index in [0.29, 0.717) is 0 Å². The molecular weight excluding hydrogens is 174 g/mol. The Hall–Kier alpha value is -1.02. The van der Waals surface area contributed by atoms with Crippen LogP contribution < -0.4 is 10.1 Å². The molecule has 0 aromatic heterocycles. The van der Waals surface area contributed by atoms with E-state index in [0.717, 1.165) is 18.7 Å². The molecule has 0 fully saturated rings. The van der Waals surface area contributed by atoms with E-state index in [4.69, 9.17) is 4.74 Å². The number of rotatable bonds is 4. The third-order valence-corrected chi connectivity index (χ3v) is 2.47. The maximum absolute atomic E-state index is 5.27. The monoisotopic (exact) mass is 193 g/mol. The van der Waals surface area contributed by atoms with Gasteiger partial charge in [0.2, 0.25) is 0 Å². The number of hydrogen-bond acceptors (Lipinski definition) is 1. The zero-order chi connectivity index (χ0) is 10.6. The summed E-state index contributed by atoms with van der Waals surface area (Å²) in [6.45, 7) is 5.24. The van der Waals surface area contributed by atoms with Crippen LogP contribution >= 0.6 is 0 Å². The van der Waals surface area contributed by atoms with E-state index in [-0.39, 0.29) is 0 Å². The number of hydrogen-bond donors (Lipinski definition) is 1. The molecule has 0 radical (unpaired) electrons. The van der Waals surface area contributed by atoms with Crippen molar-refractivity contribution in [1.29, 1.82) is 0 Å². The molecule has 1 rings (SSSR count). The zero-order valence-corrected chi connectivity index (χ0v) is 9.26. The summed E-state index contributed by atoms with van der Waals surface area (Å²) in [6.07, 6.45) is 1.07. The fourth-order valence-electron chi connectivity index (χ4n) is 1.60. The van der Waals surface area contributed by atoms with Gasteiger partial charge in [0.05, 0.1) is 13.7 Å². The molecule has 0 aliphatic rings. The van der Waals surface area contributed by atoms with E-state index in [2.05, 4.69) is 33.0 Å². The average Bonchev–Trinajstić information content (AvgIpc) is 2.18. The van der Waals surface area contributed by atoms with Crippen molar-refractivity contribution >= 4 is 0 Å². The molecule has 0 heterocycles. The quantitative estimate of drug-likeness (QED) is 0.715. The fraction of sp³-hybridized carbons (Fsp3) is 0.417. The summed E-state index contributed by atoms with van der Waals surface area (Å²) in [4.78, 5) is 0. The molecule has 0 saturated carbocycles. The molecule has 0 bridgehead atoms. The molecular formula is C12H19NO. The number of aryl methyl sites for hydroxylation is 2. The van der Waals surface area contributed by atoms with Gasteiger partial charge in [-0.25, -0.2) is 0 Å². The summed E-state index contributed by atoms with van der Waals surface area (Å²) in [5, 5.41) is 1.96. The number of nitrogens with two attached hydrogens (primary N) is 1. The predicted octanol–water partition coefficient (Wildman–Crippen LogP) is 1.21. The Morgan fingerprint density at radius 1 is 1.29 bits per heavy atom. The van der Waals surface area contributed by atoms with Crippen LogP contribution in [-0.2, 0) is 6.42 Å². The molecule has 2 N–H and O–H groups in total. The van der Waals surface area contributed by atoms with Crippen LogP contribution in [0.5, 0.6) is 5.75 Å². The van der Waals surface area contributed by atoms with Crippen molar-refractivity contribution in [2.24, 2.45) is 0 Å². The maximum atomic E-state index is 5.27. The van der Waals surface area contributed by atoms with Gasteiger partial charge in [-0.1, -0.05) is 6.07 Å². The van der Waals surface area contributed by atoms with E-state index >= 15 is 0 Å². The molecule has 0 aliphatic heterocycles. The van der Waals surface area contributed by atoms with Crippen molar-refractivity contribution in [3.8, 4) is 5.75 Å². The third-order valence-electron chi connectivity index (χ3n) is 2.47. The van der Waals surface area contributed by atoms with Crippen molar-refractivity contribution < 1.29 is 10.1 Å². The number of benzene rings is 1. The Kier molecular flexibility index (Phi) is 3.96. The summed E-state index contributed by atoms with van der Waals surface area (Å²) in [5.74, 6) is 0.977. The van der Waals surface area contributed by atoms with E-state index in [9.17, 15) is 0 Å². The zero-order valence-electron chi connectivity index (χ0n) is 9.26. The molecule has 1 aromatic rings. The first-order valence-electron chi connectivity index (χ1n) is 4.94. The Balaban J connectivity index is 2.90. The van der Waals surface area contributed by atoms with Crippen LogP contribution in [0.2, 0.25) is 0 Å². The Morgan fingerprint density at radius 2 is 2.00 bits per heavy atom. The summed E-state index contributed by atoms with van der Waals surface area (Å²) < 4.78 is 5.27. The predicted molar refractivity (Wildman–Crippen MR) is 58.3 cm³/mol. The summed E-state index contributed by atoms with van der Waals surface area (Å²) in [7, 11) is 5.45. The van der Waals surface area contributed by atoms with E-state index in [1.165, 1.54) is 16.7 Å². The smallest absolute Gasteiger partial charge is 0.122 e. The fourth-order valence-corrected chi connectivity index (χ4v) is 1.60. The van der Waals surface area contributed by atoms with Gasteiger partial charge >= 0.3 is 0 Å². The first kappa shape index (κ1) is 11.1. The van der Waals surface area contributed by atoms with Gasteiger partial charge in [0.1, 0.15) is 5.75 Å². The molecule has 2 nitrogen and oxygen atoms in total. The van der Waals surface area contributed by atoms with Gasteiger partial charge in [-0.2, -0.15) is 7.05 Å². The van der Waals surface area contributed by atoms with Gasteiger partial charge in [0, 0.05) is 6.42 Å². The van der Waals surface area contributed by atoms with Crippen molar-refractivity contribution in [1.82, 2.24) is 0 Å². The number of methoxy groups -OCH3 is 1. The maximum Gasteiger partial charge on any atom is 0.122 e. The van der Waals surface area contributed by atoms with Crippen LogP contribution in [0.3, 0.4) is 0 Å². The molecule has 0 aliphatic carbocycles. The van der Waals surface area contributed by atoms with Gasteiger partial charge in [-0.05, 0) is 36.6 Å². The number of ether oxygens (including phenoxy) is 1. The normalized spacial score (nSPS) is 10.3. The third kappa shape index (κ3) is 2.48. The first-order valence-corrected chi connectivity index (χ1v) is 4.94. The first-order chi connectivity index (χ1) is 6.69. The molecule has 0 spiro atoms. The molecule has 1 aromatic carbocycles. The van der Waals surface area contributed by atoms with Crippen LogP contribution in [0.4, 0.5) is 0 Å². The van der Waals surface area contributed by atoms with Crippen LogP contribution in [0.15, 0.2) is 12.1 Å². The minimum absolute atomic E-state index is 0.977. The average molecular weight is 193 g/mol. The molecule has 0 unspecified atom stereocenters. The topological polar surface area (TPSA) is 25.8 Å². The van der Waals surface area contributed by atoms with Crippen molar-refractivity contribution in [3.05, 3.63) is 35.9 Å². The highest BCUT2D eigenvalue weighted by atomic mass is 16.5. The molecule has 0 amide bonds.